The van der Waals surface area contributed by atoms with Crippen LogP contribution < -0.4 is 15.4 Å². The van der Waals surface area contributed by atoms with Crippen LogP contribution in [-0.4, -0.2) is 71.2 Å². The number of nitrogens with zero attached hydrogens (tertiary/aromatic N) is 2. The number of aryl methyl sites for hydroxylation is 1. The van der Waals surface area contributed by atoms with Crippen molar-refractivity contribution in [1.29, 1.82) is 0 Å². The molecule has 1 heterocycles. The van der Waals surface area contributed by atoms with E-state index in [9.17, 15) is 13.2 Å². The van der Waals surface area contributed by atoms with Gasteiger partial charge in [0.1, 0.15) is 0 Å². The Labute approximate surface area is 196 Å². The fourth-order valence-electron chi connectivity index (χ4n) is 2.98. The van der Waals surface area contributed by atoms with Crippen LogP contribution in [0.15, 0.2) is 34.2 Å². The lowest BCUT2D eigenvalue weighted by Crippen LogP contribution is -2.50. The molecule has 170 valence electrons. The van der Waals surface area contributed by atoms with Crippen molar-refractivity contribution in [3.05, 3.63) is 29.8 Å². The van der Waals surface area contributed by atoms with E-state index >= 15 is 0 Å². The molecular weight excluding hydrogens is 521 g/mol. The van der Waals surface area contributed by atoms with Crippen LogP contribution in [0, 0.1) is 6.92 Å². The SMILES string of the molecule is CCOC(=O)N1CCC(NC(=NC)NCCNS(=O)(=O)c2ccc(C)cc2)CC1.I. The van der Waals surface area contributed by atoms with Gasteiger partial charge in [0.25, 0.3) is 0 Å². The Bertz CT molecular complexity index is 794. The Balaban J connectivity index is 0.00000450. The first kappa shape index (κ1) is 26.4. The molecule has 11 heteroatoms. The molecule has 30 heavy (non-hydrogen) atoms. The van der Waals surface area contributed by atoms with Gasteiger partial charge in [0.15, 0.2) is 5.96 Å². The average Bonchev–Trinajstić information content (AvgIpc) is 2.71. The van der Waals surface area contributed by atoms with Gasteiger partial charge in [0, 0.05) is 39.3 Å². The summed E-state index contributed by atoms with van der Waals surface area (Å²) in [5.41, 5.74) is 1.01. The summed E-state index contributed by atoms with van der Waals surface area (Å²) in [6.45, 7) is 5.97. The molecule has 2 rings (SSSR count). The smallest absolute Gasteiger partial charge is 0.409 e. The second-order valence-electron chi connectivity index (χ2n) is 6.81. The maximum absolute atomic E-state index is 12.3. The lowest BCUT2D eigenvalue weighted by atomic mass is 10.1. The second-order valence-corrected chi connectivity index (χ2v) is 8.58. The van der Waals surface area contributed by atoms with Crippen molar-refractivity contribution in [1.82, 2.24) is 20.3 Å². The summed E-state index contributed by atoms with van der Waals surface area (Å²) in [7, 11) is -1.86. The molecule has 1 saturated heterocycles. The van der Waals surface area contributed by atoms with E-state index in [-0.39, 0.29) is 47.6 Å². The average molecular weight is 553 g/mol. The van der Waals surface area contributed by atoms with E-state index in [2.05, 4.69) is 20.3 Å². The van der Waals surface area contributed by atoms with Crippen LogP contribution in [0.3, 0.4) is 0 Å². The molecule has 0 bridgehead atoms. The first-order valence-corrected chi connectivity index (χ1v) is 11.3. The molecule has 0 spiro atoms. The van der Waals surface area contributed by atoms with Gasteiger partial charge in [-0.2, -0.15) is 0 Å². The normalized spacial score (nSPS) is 15.3. The van der Waals surface area contributed by atoms with Crippen LogP contribution >= 0.6 is 24.0 Å². The Morgan fingerprint density at radius 2 is 1.83 bits per heavy atom. The molecule has 3 N–H and O–H groups in total. The van der Waals surface area contributed by atoms with Crippen molar-refractivity contribution in [2.45, 2.75) is 37.6 Å². The summed E-state index contributed by atoms with van der Waals surface area (Å²) in [5.74, 6) is 0.606. The van der Waals surface area contributed by atoms with Gasteiger partial charge in [0.05, 0.1) is 11.5 Å². The van der Waals surface area contributed by atoms with E-state index in [0.29, 0.717) is 32.2 Å². The van der Waals surface area contributed by atoms with Gasteiger partial charge in [-0.15, -0.1) is 24.0 Å². The van der Waals surface area contributed by atoms with Crippen molar-refractivity contribution >= 4 is 46.1 Å². The molecular formula is C19H32IN5O4S. The standard InChI is InChI=1S/C19H31N5O4S.HI/c1-4-28-19(25)24-13-9-16(10-14-24)23-18(20-3)21-11-12-22-29(26,27)17-7-5-15(2)6-8-17;/h5-8,16,22H,4,9-14H2,1-3H3,(H2,20,21,23);1H. The monoisotopic (exact) mass is 553 g/mol. The maximum Gasteiger partial charge on any atom is 0.409 e. The molecule has 1 aliphatic heterocycles. The fourth-order valence-corrected chi connectivity index (χ4v) is 4.01. The van der Waals surface area contributed by atoms with Gasteiger partial charge in [-0.05, 0) is 38.8 Å². The van der Waals surface area contributed by atoms with Crippen molar-refractivity contribution in [2.24, 2.45) is 4.99 Å². The lowest BCUT2D eigenvalue weighted by molar-refractivity contribution is 0.0963. The van der Waals surface area contributed by atoms with E-state index in [0.717, 1.165) is 18.4 Å². The molecule has 0 saturated carbocycles. The number of benzene rings is 1. The number of rotatable bonds is 7. The zero-order valence-electron chi connectivity index (χ0n) is 17.7. The summed E-state index contributed by atoms with van der Waals surface area (Å²) in [6.07, 6.45) is 1.31. The van der Waals surface area contributed by atoms with Crippen LogP contribution in [0.25, 0.3) is 0 Å². The predicted molar refractivity (Wildman–Crippen MR) is 128 cm³/mol. The third-order valence-corrected chi connectivity index (χ3v) is 6.10. The molecule has 1 aliphatic rings. The number of halogens is 1. The van der Waals surface area contributed by atoms with Crippen molar-refractivity contribution in [3.8, 4) is 0 Å². The van der Waals surface area contributed by atoms with Crippen LogP contribution in [-0.2, 0) is 14.8 Å². The van der Waals surface area contributed by atoms with Gasteiger partial charge in [-0.1, -0.05) is 17.7 Å². The molecule has 1 fully saturated rings. The molecule has 0 unspecified atom stereocenters. The van der Waals surface area contributed by atoms with Crippen LogP contribution in [0.1, 0.15) is 25.3 Å². The molecule has 1 amide bonds. The summed E-state index contributed by atoms with van der Waals surface area (Å²) in [4.78, 5) is 17.9. The first-order chi connectivity index (χ1) is 13.9. The van der Waals surface area contributed by atoms with Crippen LogP contribution in [0.5, 0.6) is 0 Å². The number of ether oxygens (including phenoxy) is 1. The van der Waals surface area contributed by atoms with Crippen LogP contribution in [0.2, 0.25) is 0 Å². The fraction of sp³-hybridized carbons (Fsp3) is 0.579. The number of carbonyl (C=O) groups is 1. The van der Waals surface area contributed by atoms with Gasteiger partial charge < -0.3 is 20.3 Å². The number of piperidine rings is 1. The quantitative estimate of drug-likeness (QED) is 0.205. The molecule has 0 atom stereocenters. The number of amides is 1. The van der Waals surface area contributed by atoms with Crippen molar-refractivity contribution in [3.63, 3.8) is 0 Å². The van der Waals surface area contributed by atoms with Crippen molar-refractivity contribution < 1.29 is 17.9 Å². The summed E-state index contributed by atoms with van der Waals surface area (Å²) < 4.78 is 32.2. The summed E-state index contributed by atoms with van der Waals surface area (Å²) in [5, 5.41) is 6.43. The number of sulfonamides is 1. The number of guanidine groups is 1. The Kier molecular flexibility index (Phi) is 11.4. The highest BCUT2D eigenvalue weighted by atomic mass is 127. The largest absolute Gasteiger partial charge is 0.450 e. The summed E-state index contributed by atoms with van der Waals surface area (Å²) >= 11 is 0. The number of carbonyl (C=O) groups excluding carboxylic acids is 1. The molecule has 0 aliphatic carbocycles. The number of nitrogens with one attached hydrogen (secondary N) is 3. The number of hydrogen-bond acceptors (Lipinski definition) is 5. The van der Waals surface area contributed by atoms with E-state index in [1.54, 1.807) is 43.1 Å². The van der Waals surface area contributed by atoms with E-state index in [4.69, 9.17) is 4.74 Å². The Hall–Kier alpha value is -1.60. The third kappa shape index (κ3) is 8.26. The molecule has 1 aromatic rings. The number of hydrogen-bond donors (Lipinski definition) is 3. The predicted octanol–water partition coefficient (Wildman–Crippen LogP) is 1.68. The number of likely N-dealkylation sites (tertiary alicyclic amines) is 1. The zero-order chi connectivity index (χ0) is 21.3. The zero-order valence-corrected chi connectivity index (χ0v) is 20.8. The minimum Gasteiger partial charge on any atom is -0.450 e. The van der Waals surface area contributed by atoms with Gasteiger partial charge in [-0.25, -0.2) is 17.9 Å². The first-order valence-electron chi connectivity index (χ1n) is 9.81. The summed E-state index contributed by atoms with van der Waals surface area (Å²) in [6, 6.07) is 6.91. The Morgan fingerprint density at radius 1 is 1.20 bits per heavy atom. The molecule has 0 radical (unpaired) electrons. The minimum absolute atomic E-state index is 0. The van der Waals surface area contributed by atoms with Crippen molar-refractivity contribution in [2.75, 3.05) is 39.8 Å². The Morgan fingerprint density at radius 3 is 2.40 bits per heavy atom. The maximum atomic E-state index is 12.3. The highest BCUT2D eigenvalue weighted by Gasteiger charge is 2.24. The van der Waals surface area contributed by atoms with E-state index in [1.165, 1.54) is 0 Å². The molecule has 0 aromatic heterocycles. The third-order valence-electron chi connectivity index (χ3n) is 4.63. The van der Waals surface area contributed by atoms with Gasteiger partial charge in [0.2, 0.25) is 10.0 Å². The number of aliphatic imine (C=N–C) groups is 1. The highest BCUT2D eigenvalue weighted by Crippen LogP contribution is 2.11. The minimum atomic E-state index is -3.53. The lowest BCUT2D eigenvalue weighted by Gasteiger charge is -2.32. The molecule has 1 aromatic carbocycles. The van der Waals surface area contributed by atoms with Gasteiger partial charge in [-0.3, -0.25) is 4.99 Å². The topological polar surface area (TPSA) is 112 Å². The van der Waals surface area contributed by atoms with Gasteiger partial charge >= 0.3 is 6.09 Å². The highest BCUT2D eigenvalue weighted by molar-refractivity contribution is 14.0. The molecule has 9 nitrogen and oxygen atoms in total. The van der Waals surface area contributed by atoms with E-state index < -0.39 is 10.0 Å². The second kappa shape index (κ2) is 13.0. The van der Waals surface area contributed by atoms with E-state index in [1.807, 2.05) is 6.92 Å². The van der Waals surface area contributed by atoms with Crippen LogP contribution in [0.4, 0.5) is 4.79 Å².